The molecule has 0 saturated carbocycles. The van der Waals surface area contributed by atoms with E-state index in [0.29, 0.717) is 15.7 Å². The number of ether oxygens (including phenoxy) is 1. The van der Waals surface area contributed by atoms with E-state index in [4.69, 9.17) is 27.9 Å². The maximum Gasteiger partial charge on any atom is 0.243 e. The average molecular weight is 353 g/mol. The number of nitrogens with one attached hydrogen (secondary N) is 2. The van der Waals surface area contributed by atoms with E-state index in [1.54, 1.807) is 18.2 Å². The predicted molar refractivity (Wildman–Crippen MR) is 95.8 cm³/mol. The van der Waals surface area contributed by atoms with Gasteiger partial charge in [0, 0.05) is 16.8 Å². The Morgan fingerprint density at radius 3 is 2.70 bits per heavy atom. The zero-order valence-electron chi connectivity index (χ0n) is 12.9. The van der Waals surface area contributed by atoms with Crippen LogP contribution in [0.4, 0.5) is 11.4 Å². The van der Waals surface area contributed by atoms with Crippen LogP contribution in [-0.4, -0.2) is 18.6 Å². The summed E-state index contributed by atoms with van der Waals surface area (Å²) in [5, 5.41) is 6.71. The molecule has 0 aliphatic heterocycles. The number of halogens is 2. The van der Waals surface area contributed by atoms with Crippen LogP contribution in [0.2, 0.25) is 10.0 Å². The minimum Gasteiger partial charge on any atom is -0.491 e. The molecular formula is C17H18Cl2N2O2. The molecule has 2 aromatic carbocycles. The molecule has 0 aliphatic rings. The number of hydrogen-bond acceptors (Lipinski definition) is 3. The first kappa shape index (κ1) is 17.4. The minimum absolute atomic E-state index is 0.0959. The van der Waals surface area contributed by atoms with Crippen LogP contribution in [0.5, 0.6) is 5.75 Å². The fourth-order valence-corrected chi connectivity index (χ4v) is 2.26. The first-order valence-corrected chi connectivity index (χ1v) is 7.95. The Labute approximate surface area is 145 Å². The number of amides is 1. The van der Waals surface area contributed by atoms with Crippen molar-refractivity contribution in [2.45, 2.75) is 20.0 Å². The van der Waals surface area contributed by atoms with Gasteiger partial charge in [-0.05, 0) is 44.2 Å². The van der Waals surface area contributed by atoms with Crippen LogP contribution in [0, 0.1) is 0 Å². The third-order valence-corrected chi connectivity index (χ3v) is 3.43. The highest BCUT2D eigenvalue weighted by Crippen LogP contribution is 2.25. The van der Waals surface area contributed by atoms with Crippen molar-refractivity contribution < 1.29 is 9.53 Å². The highest BCUT2D eigenvalue weighted by atomic mass is 35.5. The van der Waals surface area contributed by atoms with E-state index in [2.05, 4.69) is 10.6 Å². The molecule has 0 bridgehead atoms. The molecule has 0 fully saturated rings. The van der Waals surface area contributed by atoms with E-state index in [-0.39, 0.29) is 18.6 Å². The summed E-state index contributed by atoms with van der Waals surface area (Å²) in [6.07, 6.45) is 0.0959. The Morgan fingerprint density at radius 1 is 1.17 bits per heavy atom. The number of benzene rings is 2. The first-order valence-electron chi connectivity index (χ1n) is 7.19. The van der Waals surface area contributed by atoms with Crippen LogP contribution in [0.1, 0.15) is 13.8 Å². The molecule has 0 aliphatic carbocycles. The minimum atomic E-state index is -0.218. The van der Waals surface area contributed by atoms with Crippen molar-refractivity contribution >= 4 is 40.5 Å². The molecule has 0 saturated heterocycles. The lowest BCUT2D eigenvalue weighted by Gasteiger charge is -2.12. The third-order valence-electron chi connectivity index (χ3n) is 2.86. The van der Waals surface area contributed by atoms with Gasteiger partial charge in [-0.25, -0.2) is 0 Å². The van der Waals surface area contributed by atoms with E-state index in [1.807, 2.05) is 38.1 Å². The lowest BCUT2D eigenvalue weighted by Crippen LogP contribution is -2.22. The number of carbonyl (C=O) groups is 1. The lowest BCUT2D eigenvalue weighted by atomic mass is 10.3. The summed E-state index contributed by atoms with van der Waals surface area (Å²) < 4.78 is 5.61. The molecule has 23 heavy (non-hydrogen) atoms. The predicted octanol–water partition coefficient (Wildman–Crippen LogP) is 4.83. The van der Waals surface area contributed by atoms with E-state index in [0.717, 1.165) is 11.4 Å². The molecule has 0 radical (unpaired) electrons. The highest BCUT2D eigenvalue weighted by Gasteiger charge is 2.07. The topological polar surface area (TPSA) is 50.4 Å². The van der Waals surface area contributed by atoms with Crippen LogP contribution in [0.15, 0.2) is 42.5 Å². The molecule has 122 valence electrons. The van der Waals surface area contributed by atoms with Crippen LogP contribution >= 0.6 is 23.2 Å². The zero-order valence-corrected chi connectivity index (χ0v) is 14.4. The Bertz CT molecular complexity index is 690. The van der Waals surface area contributed by atoms with Crippen LogP contribution < -0.4 is 15.4 Å². The summed E-state index contributed by atoms with van der Waals surface area (Å²) in [5.74, 6) is 0.535. The van der Waals surface area contributed by atoms with E-state index in [9.17, 15) is 4.79 Å². The fourth-order valence-electron chi connectivity index (χ4n) is 1.92. The smallest absolute Gasteiger partial charge is 0.243 e. The summed E-state index contributed by atoms with van der Waals surface area (Å²) in [7, 11) is 0. The Morgan fingerprint density at radius 2 is 1.96 bits per heavy atom. The van der Waals surface area contributed by atoms with Crippen LogP contribution in [0.3, 0.4) is 0 Å². The maximum atomic E-state index is 12.0. The second-order valence-corrected chi connectivity index (χ2v) is 6.06. The van der Waals surface area contributed by atoms with Gasteiger partial charge in [0.1, 0.15) is 5.75 Å². The van der Waals surface area contributed by atoms with Crippen molar-refractivity contribution in [2.75, 3.05) is 17.2 Å². The Balaban J connectivity index is 1.93. The second-order valence-electron chi connectivity index (χ2n) is 5.22. The lowest BCUT2D eigenvalue weighted by molar-refractivity contribution is -0.114. The quantitative estimate of drug-likeness (QED) is 0.782. The monoisotopic (exact) mass is 352 g/mol. The fraction of sp³-hybridized carbons (Fsp3) is 0.235. The zero-order chi connectivity index (χ0) is 16.8. The van der Waals surface area contributed by atoms with Gasteiger partial charge in [0.25, 0.3) is 0 Å². The molecule has 0 unspecified atom stereocenters. The van der Waals surface area contributed by atoms with Crippen molar-refractivity contribution in [1.82, 2.24) is 0 Å². The van der Waals surface area contributed by atoms with Crippen molar-refractivity contribution in [3.05, 3.63) is 52.5 Å². The third kappa shape index (κ3) is 5.66. The van der Waals surface area contributed by atoms with E-state index >= 15 is 0 Å². The molecule has 4 nitrogen and oxygen atoms in total. The van der Waals surface area contributed by atoms with E-state index < -0.39 is 0 Å². The number of carbonyl (C=O) groups excluding carboxylic acids is 1. The van der Waals surface area contributed by atoms with Crippen molar-refractivity contribution in [1.29, 1.82) is 0 Å². The largest absolute Gasteiger partial charge is 0.491 e. The molecule has 0 atom stereocenters. The van der Waals surface area contributed by atoms with Crippen LogP contribution in [0.25, 0.3) is 0 Å². The van der Waals surface area contributed by atoms with Gasteiger partial charge in [-0.3, -0.25) is 4.79 Å². The van der Waals surface area contributed by atoms with Crippen molar-refractivity contribution in [2.24, 2.45) is 0 Å². The molecule has 2 rings (SSSR count). The van der Waals surface area contributed by atoms with Crippen molar-refractivity contribution in [3.63, 3.8) is 0 Å². The second kappa shape index (κ2) is 8.09. The Kier molecular flexibility index (Phi) is 6.13. The summed E-state index contributed by atoms with van der Waals surface area (Å²) >= 11 is 11.9. The number of anilines is 2. The average Bonchev–Trinajstić information content (AvgIpc) is 2.49. The highest BCUT2D eigenvalue weighted by molar-refractivity contribution is 6.35. The van der Waals surface area contributed by atoms with Gasteiger partial charge in [0.15, 0.2) is 0 Å². The van der Waals surface area contributed by atoms with Gasteiger partial charge in [0.2, 0.25) is 5.91 Å². The number of hydrogen-bond donors (Lipinski definition) is 2. The first-order chi connectivity index (χ1) is 10.9. The molecule has 1 amide bonds. The van der Waals surface area contributed by atoms with Crippen molar-refractivity contribution in [3.8, 4) is 5.75 Å². The van der Waals surface area contributed by atoms with Gasteiger partial charge in [0.05, 0.1) is 23.4 Å². The molecule has 6 heteroatoms. The van der Waals surface area contributed by atoms with Gasteiger partial charge in [-0.1, -0.05) is 29.3 Å². The standard InChI is InChI=1S/C17H18Cl2N2O2/c1-11(2)23-14-5-3-4-13(9-14)20-10-17(22)21-16-8-12(18)6-7-15(16)19/h3-9,11,20H,10H2,1-2H3,(H,21,22). The number of rotatable bonds is 6. The summed E-state index contributed by atoms with van der Waals surface area (Å²) in [6.45, 7) is 4.03. The van der Waals surface area contributed by atoms with Gasteiger partial charge >= 0.3 is 0 Å². The molecule has 0 heterocycles. The molecule has 2 N–H and O–H groups in total. The maximum absolute atomic E-state index is 12.0. The van der Waals surface area contributed by atoms with E-state index in [1.165, 1.54) is 0 Å². The van der Waals surface area contributed by atoms with Gasteiger partial charge < -0.3 is 15.4 Å². The molecule has 2 aromatic rings. The summed E-state index contributed by atoms with van der Waals surface area (Å²) in [4.78, 5) is 12.0. The summed E-state index contributed by atoms with van der Waals surface area (Å²) in [6, 6.07) is 12.4. The molecule has 0 aromatic heterocycles. The van der Waals surface area contributed by atoms with Crippen LogP contribution in [-0.2, 0) is 4.79 Å². The van der Waals surface area contributed by atoms with Gasteiger partial charge in [-0.15, -0.1) is 0 Å². The normalized spacial score (nSPS) is 10.5. The Hall–Kier alpha value is -1.91. The SMILES string of the molecule is CC(C)Oc1cccc(NCC(=O)Nc2cc(Cl)ccc2Cl)c1. The summed E-state index contributed by atoms with van der Waals surface area (Å²) in [5.41, 5.74) is 1.29. The molecular weight excluding hydrogens is 335 g/mol. The van der Waals surface area contributed by atoms with Gasteiger partial charge in [-0.2, -0.15) is 0 Å². The molecule has 0 spiro atoms.